The van der Waals surface area contributed by atoms with Crippen LogP contribution in [0.1, 0.15) is 17.3 Å². The highest BCUT2D eigenvalue weighted by Crippen LogP contribution is 2.07. The SMILES string of the molecule is CCOC(=O)c1cnc(-c2ncccn2)nc1. The Morgan fingerprint density at radius 1 is 1.12 bits per heavy atom. The summed E-state index contributed by atoms with van der Waals surface area (Å²) in [6.07, 6.45) is 6.00. The van der Waals surface area contributed by atoms with E-state index in [1.54, 1.807) is 25.4 Å². The zero-order valence-electron chi connectivity index (χ0n) is 9.20. The monoisotopic (exact) mass is 230 g/mol. The molecule has 2 rings (SSSR count). The quantitative estimate of drug-likeness (QED) is 0.735. The number of rotatable bonds is 3. The summed E-state index contributed by atoms with van der Waals surface area (Å²) >= 11 is 0. The van der Waals surface area contributed by atoms with E-state index in [9.17, 15) is 4.79 Å². The molecule has 0 aliphatic rings. The minimum Gasteiger partial charge on any atom is -0.462 e. The van der Waals surface area contributed by atoms with Crippen LogP contribution in [0.5, 0.6) is 0 Å². The van der Waals surface area contributed by atoms with Gasteiger partial charge in [0.05, 0.1) is 12.2 Å². The third-order valence-electron chi connectivity index (χ3n) is 1.93. The van der Waals surface area contributed by atoms with Crippen LogP contribution in [0, 0.1) is 0 Å². The lowest BCUT2D eigenvalue weighted by Gasteiger charge is -2.01. The smallest absolute Gasteiger partial charge is 0.341 e. The number of aromatic nitrogens is 4. The van der Waals surface area contributed by atoms with Crippen molar-refractivity contribution in [1.29, 1.82) is 0 Å². The highest BCUT2D eigenvalue weighted by atomic mass is 16.5. The van der Waals surface area contributed by atoms with Gasteiger partial charge in [0.1, 0.15) is 0 Å². The van der Waals surface area contributed by atoms with Crippen molar-refractivity contribution >= 4 is 5.97 Å². The zero-order chi connectivity index (χ0) is 12.1. The summed E-state index contributed by atoms with van der Waals surface area (Å²) < 4.78 is 4.82. The summed E-state index contributed by atoms with van der Waals surface area (Å²) in [6, 6.07) is 1.70. The van der Waals surface area contributed by atoms with Crippen LogP contribution in [-0.4, -0.2) is 32.5 Å². The Labute approximate surface area is 97.7 Å². The molecule has 0 fully saturated rings. The van der Waals surface area contributed by atoms with Gasteiger partial charge in [-0.2, -0.15) is 0 Å². The van der Waals surface area contributed by atoms with E-state index in [4.69, 9.17) is 4.74 Å². The third kappa shape index (κ3) is 2.60. The van der Waals surface area contributed by atoms with Gasteiger partial charge in [-0.1, -0.05) is 0 Å². The molecule has 6 heteroatoms. The van der Waals surface area contributed by atoms with Gasteiger partial charge in [0.15, 0.2) is 11.6 Å². The fourth-order valence-electron chi connectivity index (χ4n) is 1.18. The molecule has 86 valence electrons. The van der Waals surface area contributed by atoms with Gasteiger partial charge >= 0.3 is 5.97 Å². The average molecular weight is 230 g/mol. The van der Waals surface area contributed by atoms with Gasteiger partial charge < -0.3 is 4.74 Å². The van der Waals surface area contributed by atoms with E-state index >= 15 is 0 Å². The number of carbonyl (C=O) groups is 1. The molecule has 0 spiro atoms. The Bertz CT molecular complexity index is 499. The second kappa shape index (κ2) is 5.11. The van der Waals surface area contributed by atoms with E-state index in [1.807, 2.05) is 0 Å². The Kier molecular flexibility index (Phi) is 3.34. The first kappa shape index (κ1) is 11.1. The molecule has 6 nitrogen and oxygen atoms in total. The Hall–Kier alpha value is -2.37. The van der Waals surface area contributed by atoms with Crippen LogP contribution < -0.4 is 0 Å². The number of nitrogens with zero attached hydrogens (tertiary/aromatic N) is 4. The standard InChI is InChI=1S/C11H10N4O2/c1-2-17-11(16)8-6-14-10(15-7-8)9-12-4-3-5-13-9/h3-7H,2H2,1H3. The van der Waals surface area contributed by atoms with Crippen LogP contribution in [0.2, 0.25) is 0 Å². The van der Waals surface area contributed by atoms with Crippen LogP contribution in [0.4, 0.5) is 0 Å². The van der Waals surface area contributed by atoms with Crippen molar-refractivity contribution in [2.75, 3.05) is 6.61 Å². The maximum absolute atomic E-state index is 11.4. The zero-order valence-corrected chi connectivity index (χ0v) is 9.20. The van der Waals surface area contributed by atoms with Crippen molar-refractivity contribution < 1.29 is 9.53 Å². The minimum absolute atomic E-state index is 0.312. The second-order valence-electron chi connectivity index (χ2n) is 3.09. The van der Waals surface area contributed by atoms with E-state index < -0.39 is 5.97 Å². The summed E-state index contributed by atoms with van der Waals surface area (Å²) in [7, 11) is 0. The number of hydrogen-bond donors (Lipinski definition) is 0. The summed E-state index contributed by atoms with van der Waals surface area (Å²) in [6.45, 7) is 2.06. The second-order valence-corrected chi connectivity index (χ2v) is 3.09. The van der Waals surface area contributed by atoms with Gasteiger partial charge in [0, 0.05) is 24.8 Å². The van der Waals surface area contributed by atoms with Crippen molar-refractivity contribution in [2.24, 2.45) is 0 Å². The van der Waals surface area contributed by atoms with Crippen LogP contribution >= 0.6 is 0 Å². The molecule has 2 heterocycles. The molecule has 0 unspecified atom stereocenters. The predicted octanol–water partition coefficient (Wildman–Crippen LogP) is 1.11. The summed E-state index contributed by atoms with van der Waals surface area (Å²) in [5.41, 5.74) is 0.312. The molecule has 2 aromatic heterocycles. The molecule has 0 amide bonds. The fourth-order valence-corrected chi connectivity index (χ4v) is 1.18. The van der Waals surface area contributed by atoms with Crippen molar-refractivity contribution in [1.82, 2.24) is 19.9 Å². The number of esters is 1. The molecular weight excluding hydrogens is 220 g/mol. The van der Waals surface area contributed by atoms with E-state index in [2.05, 4.69) is 19.9 Å². The summed E-state index contributed by atoms with van der Waals surface area (Å²) in [5, 5.41) is 0. The van der Waals surface area contributed by atoms with Gasteiger partial charge in [-0.05, 0) is 13.0 Å². The molecule has 17 heavy (non-hydrogen) atoms. The molecule has 0 saturated carbocycles. The van der Waals surface area contributed by atoms with Gasteiger partial charge in [0.2, 0.25) is 0 Å². The Morgan fingerprint density at radius 3 is 2.29 bits per heavy atom. The maximum Gasteiger partial charge on any atom is 0.341 e. The van der Waals surface area contributed by atoms with Crippen molar-refractivity contribution in [2.45, 2.75) is 6.92 Å². The molecule has 0 radical (unpaired) electrons. The summed E-state index contributed by atoms with van der Waals surface area (Å²) in [5.74, 6) is 0.356. The average Bonchev–Trinajstić information content (AvgIpc) is 2.40. The van der Waals surface area contributed by atoms with E-state index in [0.29, 0.717) is 23.8 Å². The molecule has 0 saturated heterocycles. The van der Waals surface area contributed by atoms with E-state index in [1.165, 1.54) is 12.4 Å². The maximum atomic E-state index is 11.4. The van der Waals surface area contributed by atoms with Crippen LogP contribution in [0.3, 0.4) is 0 Å². The normalized spacial score (nSPS) is 9.94. The lowest BCUT2D eigenvalue weighted by Crippen LogP contribution is -2.06. The van der Waals surface area contributed by atoms with Crippen molar-refractivity contribution in [3.8, 4) is 11.6 Å². The molecule has 0 bridgehead atoms. The van der Waals surface area contributed by atoms with E-state index in [-0.39, 0.29) is 0 Å². The van der Waals surface area contributed by atoms with Gasteiger partial charge in [-0.15, -0.1) is 0 Å². The van der Waals surface area contributed by atoms with Crippen LogP contribution in [-0.2, 0) is 4.74 Å². The Balaban J connectivity index is 2.22. The molecule has 0 N–H and O–H groups in total. The first-order valence-electron chi connectivity index (χ1n) is 5.08. The van der Waals surface area contributed by atoms with Crippen LogP contribution in [0.25, 0.3) is 11.6 Å². The molecule has 0 aliphatic carbocycles. The van der Waals surface area contributed by atoms with Crippen molar-refractivity contribution in [3.05, 3.63) is 36.4 Å². The first-order valence-corrected chi connectivity index (χ1v) is 5.08. The Morgan fingerprint density at radius 2 is 1.71 bits per heavy atom. The highest BCUT2D eigenvalue weighted by molar-refractivity contribution is 5.88. The molecular formula is C11H10N4O2. The predicted molar refractivity (Wildman–Crippen MR) is 59.0 cm³/mol. The largest absolute Gasteiger partial charge is 0.462 e. The summed E-state index contributed by atoms with van der Waals surface area (Å²) in [4.78, 5) is 27.4. The molecule has 0 aliphatic heterocycles. The van der Waals surface area contributed by atoms with Gasteiger partial charge in [0.25, 0.3) is 0 Å². The lowest BCUT2D eigenvalue weighted by atomic mass is 10.3. The fraction of sp³-hybridized carbons (Fsp3) is 0.182. The number of ether oxygens (including phenoxy) is 1. The van der Waals surface area contributed by atoms with Gasteiger partial charge in [-0.25, -0.2) is 24.7 Å². The van der Waals surface area contributed by atoms with E-state index in [0.717, 1.165) is 0 Å². The number of hydrogen-bond acceptors (Lipinski definition) is 6. The van der Waals surface area contributed by atoms with Crippen molar-refractivity contribution in [3.63, 3.8) is 0 Å². The molecule has 0 atom stereocenters. The molecule has 0 aromatic carbocycles. The topological polar surface area (TPSA) is 77.9 Å². The number of carbonyl (C=O) groups excluding carboxylic acids is 1. The third-order valence-corrected chi connectivity index (χ3v) is 1.93. The van der Waals surface area contributed by atoms with Gasteiger partial charge in [-0.3, -0.25) is 0 Å². The highest BCUT2D eigenvalue weighted by Gasteiger charge is 2.09. The lowest BCUT2D eigenvalue weighted by molar-refractivity contribution is 0.0525. The van der Waals surface area contributed by atoms with Crippen LogP contribution in [0.15, 0.2) is 30.9 Å². The first-order chi connectivity index (χ1) is 8.31. The molecule has 2 aromatic rings. The minimum atomic E-state index is -0.437.